The fourth-order valence-electron chi connectivity index (χ4n) is 1.80. The molecule has 0 aromatic heterocycles. The summed E-state index contributed by atoms with van der Waals surface area (Å²) in [6.07, 6.45) is -0.784. The topological polar surface area (TPSA) is 29.3 Å². The number of hydrogen-bond acceptors (Lipinski definition) is 2. The standard InChI is InChI=1S/C13H13F3N2/c1-9-5-6-12(17)18(8-9)11-4-2-3-10(7-11)13(14,15)16/h2-7H,8,17H2,1H3. The third kappa shape index (κ3) is 2.50. The maximum atomic E-state index is 12.6. The first-order valence-electron chi connectivity index (χ1n) is 5.45. The molecule has 0 radical (unpaired) electrons. The van der Waals surface area contributed by atoms with Gasteiger partial charge < -0.3 is 10.6 Å². The lowest BCUT2D eigenvalue weighted by molar-refractivity contribution is -0.137. The molecule has 0 unspecified atom stereocenters. The summed E-state index contributed by atoms with van der Waals surface area (Å²) < 4.78 is 37.9. The van der Waals surface area contributed by atoms with Crippen molar-refractivity contribution in [2.45, 2.75) is 13.1 Å². The van der Waals surface area contributed by atoms with Crippen molar-refractivity contribution in [1.82, 2.24) is 0 Å². The molecule has 1 heterocycles. The van der Waals surface area contributed by atoms with Gasteiger partial charge in [0.25, 0.3) is 0 Å². The molecule has 2 rings (SSSR count). The predicted octanol–water partition coefficient (Wildman–Crippen LogP) is 3.27. The Hall–Kier alpha value is -1.91. The smallest absolute Gasteiger partial charge is 0.385 e. The van der Waals surface area contributed by atoms with Crippen LogP contribution in [0.5, 0.6) is 0 Å². The highest BCUT2D eigenvalue weighted by atomic mass is 19.4. The van der Waals surface area contributed by atoms with Crippen LogP contribution in [-0.2, 0) is 6.18 Å². The molecule has 0 saturated heterocycles. The summed E-state index contributed by atoms with van der Waals surface area (Å²) in [7, 11) is 0. The van der Waals surface area contributed by atoms with E-state index in [-0.39, 0.29) is 0 Å². The average Bonchev–Trinajstić information content (AvgIpc) is 2.31. The first-order chi connectivity index (χ1) is 8.38. The summed E-state index contributed by atoms with van der Waals surface area (Å²) in [4.78, 5) is 1.66. The minimum Gasteiger partial charge on any atom is -0.385 e. The van der Waals surface area contributed by atoms with Crippen LogP contribution in [0, 0.1) is 0 Å². The molecule has 0 saturated carbocycles. The van der Waals surface area contributed by atoms with Crippen molar-refractivity contribution in [3.8, 4) is 0 Å². The van der Waals surface area contributed by atoms with E-state index in [2.05, 4.69) is 0 Å². The number of nitrogens with zero attached hydrogens (tertiary/aromatic N) is 1. The van der Waals surface area contributed by atoms with Crippen LogP contribution in [0.25, 0.3) is 0 Å². The Balaban J connectivity index is 2.35. The summed E-state index contributed by atoms with van der Waals surface area (Å²) in [6, 6.07) is 5.17. The Bertz CT molecular complexity index is 515. The number of allylic oxidation sites excluding steroid dienone is 2. The molecule has 1 aliphatic heterocycles. The fourth-order valence-corrected chi connectivity index (χ4v) is 1.80. The number of halogens is 3. The number of rotatable bonds is 1. The average molecular weight is 254 g/mol. The molecule has 1 aliphatic rings. The maximum Gasteiger partial charge on any atom is 0.416 e. The Labute approximate surface area is 103 Å². The molecule has 2 nitrogen and oxygen atoms in total. The first kappa shape index (κ1) is 12.5. The predicted molar refractivity (Wildman–Crippen MR) is 64.8 cm³/mol. The summed E-state index contributed by atoms with van der Waals surface area (Å²) in [6.45, 7) is 2.41. The molecule has 1 aromatic carbocycles. The molecule has 5 heteroatoms. The van der Waals surface area contributed by atoms with E-state index in [4.69, 9.17) is 5.73 Å². The summed E-state index contributed by atoms with van der Waals surface area (Å²) in [5.74, 6) is 0.444. The minimum atomic E-state index is -4.34. The highest BCUT2D eigenvalue weighted by Crippen LogP contribution is 2.32. The highest BCUT2D eigenvalue weighted by Gasteiger charge is 2.31. The van der Waals surface area contributed by atoms with Crippen LogP contribution in [0.15, 0.2) is 47.8 Å². The molecular weight excluding hydrogens is 241 g/mol. The van der Waals surface area contributed by atoms with E-state index in [9.17, 15) is 13.2 Å². The lowest BCUT2D eigenvalue weighted by atomic mass is 10.1. The number of nitrogens with two attached hydrogens (primary N) is 1. The molecule has 0 spiro atoms. The van der Waals surface area contributed by atoms with Crippen LogP contribution < -0.4 is 10.6 Å². The second-order valence-electron chi connectivity index (χ2n) is 4.24. The Morgan fingerprint density at radius 2 is 1.94 bits per heavy atom. The number of alkyl halides is 3. The molecule has 0 amide bonds. The molecule has 96 valence electrons. The van der Waals surface area contributed by atoms with Gasteiger partial charge >= 0.3 is 6.18 Å². The van der Waals surface area contributed by atoms with Crippen molar-refractivity contribution in [3.63, 3.8) is 0 Å². The number of anilines is 1. The third-order valence-electron chi connectivity index (χ3n) is 2.74. The van der Waals surface area contributed by atoms with Crippen molar-refractivity contribution in [3.05, 3.63) is 53.4 Å². The zero-order valence-electron chi connectivity index (χ0n) is 9.83. The van der Waals surface area contributed by atoms with Crippen LogP contribution in [0.2, 0.25) is 0 Å². The Morgan fingerprint density at radius 3 is 2.61 bits per heavy atom. The van der Waals surface area contributed by atoms with Crippen LogP contribution in [0.4, 0.5) is 18.9 Å². The van der Waals surface area contributed by atoms with Crippen molar-refractivity contribution < 1.29 is 13.2 Å². The van der Waals surface area contributed by atoms with E-state index in [0.717, 1.165) is 17.7 Å². The van der Waals surface area contributed by atoms with Gasteiger partial charge in [0.15, 0.2) is 0 Å². The number of hydrogen-bond donors (Lipinski definition) is 1. The van der Waals surface area contributed by atoms with Gasteiger partial charge in [-0.2, -0.15) is 13.2 Å². The van der Waals surface area contributed by atoms with E-state index >= 15 is 0 Å². The normalized spacial score (nSPS) is 16.3. The maximum absolute atomic E-state index is 12.6. The lowest BCUT2D eigenvalue weighted by Gasteiger charge is -2.28. The van der Waals surface area contributed by atoms with E-state index in [1.165, 1.54) is 6.07 Å². The Morgan fingerprint density at radius 1 is 1.22 bits per heavy atom. The van der Waals surface area contributed by atoms with Crippen LogP contribution in [-0.4, -0.2) is 6.54 Å². The van der Waals surface area contributed by atoms with Gasteiger partial charge in [-0.3, -0.25) is 0 Å². The monoisotopic (exact) mass is 254 g/mol. The van der Waals surface area contributed by atoms with Gasteiger partial charge in [0, 0.05) is 12.2 Å². The van der Waals surface area contributed by atoms with E-state index in [1.54, 1.807) is 17.0 Å². The van der Waals surface area contributed by atoms with E-state index in [1.807, 2.05) is 13.0 Å². The molecule has 0 bridgehead atoms. The lowest BCUT2D eigenvalue weighted by Crippen LogP contribution is -2.31. The van der Waals surface area contributed by atoms with Gasteiger partial charge in [0.2, 0.25) is 0 Å². The zero-order valence-corrected chi connectivity index (χ0v) is 9.83. The van der Waals surface area contributed by atoms with Crippen LogP contribution in [0.1, 0.15) is 12.5 Å². The van der Waals surface area contributed by atoms with Crippen LogP contribution in [0.3, 0.4) is 0 Å². The molecule has 0 atom stereocenters. The largest absolute Gasteiger partial charge is 0.416 e. The summed E-state index contributed by atoms with van der Waals surface area (Å²) >= 11 is 0. The first-order valence-corrected chi connectivity index (χ1v) is 5.45. The second-order valence-corrected chi connectivity index (χ2v) is 4.24. The highest BCUT2D eigenvalue weighted by molar-refractivity contribution is 5.56. The van der Waals surface area contributed by atoms with Crippen molar-refractivity contribution in [2.24, 2.45) is 5.73 Å². The fraction of sp³-hybridized carbons (Fsp3) is 0.231. The van der Waals surface area contributed by atoms with Gasteiger partial charge in [-0.05, 0) is 31.2 Å². The molecule has 0 fully saturated rings. The van der Waals surface area contributed by atoms with Crippen molar-refractivity contribution in [2.75, 3.05) is 11.4 Å². The molecule has 1 aromatic rings. The van der Waals surface area contributed by atoms with Gasteiger partial charge in [-0.15, -0.1) is 0 Å². The second kappa shape index (κ2) is 4.40. The number of benzene rings is 1. The van der Waals surface area contributed by atoms with Crippen LogP contribution >= 0.6 is 0 Å². The zero-order chi connectivity index (χ0) is 13.3. The van der Waals surface area contributed by atoms with Crippen molar-refractivity contribution in [1.29, 1.82) is 0 Å². The summed E-state index contributed by atoms with van der Waals surface area (Å²) in [5, 5.41) is 0. The third-order valence-corrected chi connectivity index (χ3v) is 2.74. The van der Waals surface area contributed by atoms with Gasteiger partial charge in [0.1, 0.15) is 5.82 Å². The van der Waals surface area contributed by atoms with Crippen molar-refractivity contribution >= 4 is 5.69 Å². The van der Waals surface area contributed by atoms with Gasteiger partial charge in [-0.1, -0.05) is 17.7 Å². The van der Waals surface area contributed by atoms with Gasteiger partial charge in [-0.25, -0.2) is 0 Å². The molecule has 18 heavy (non-hydrogen) atoms. The quantitative estimate of drug-likeness (QED) is 0.833. The molecule has 2 N–H and O–H groups in total. The van der Waals surface area contributed by atoms with Gasteiger partial charge in [0.05, 0.1) is 5.56 Å². The Kier molecular flexibility index (Phi) is 3.07. The van der Waals surface area contributed by atoms with E-state index < -0.39 is 11.7 Å². The SMILES string of the molecule is CC1=CC=C(N)N(c2cccc(C(F)(F)F)c2)C1. The molecule has 0 aliphatic carbocycles. The summed E-state index contributed by atoms with van der Waals surface area (Å²) in [5.41, 5.74) is 6.62. The van der Waals surface area contributed by atoms with E-state index in [0.29, 0.717) is 18.1 Å². The minimum absolute atomic E-state index is 0.444. The molecular formula is C13H13F3N2.